The normalized spacial score (nSPS) is 29.4. The Bertz CT molecular complexity index is 2070. The van der Waals surface area contributed by atoms with Crippen LogP contribution in [0, 0.1) is 40.4 Å². The molecule has 4 aliphatic carbocycles. The summed E-state index contributed by atoms with van der Waals surface area (Å²) in [6.07, 6.45) is 10.9. The molecule has 0 radical (unpaired) electrons. The van der Waals surface area contributed by atoms with Gasteiger partial charge in [-0.3, -0.25) is 28.7 Å². The molecule has 61 heavy (non-hydrogen) atoms. The van der Waals surface area contributed by atoms with Gasteiger partial charge < -0.3 is 20.9 Å². The molecular formula is C45H70N8O7S. The quantitative estimate of drug-likeness (QED) is 0.221. The maximum absolute atomic E-state index is 15.3. The van der Waals surface area contributed by atoms with Gasteiger partial charge in [0.25, 0.3) is 11.8 Å². The predicted molar refractivity (Wildman–Crippen MR) is 231 cm³/mol. The van der Waals surface area contributed by atoms with Crippen LogP contribution in [0.4, 0.5) is 0 Å². The summed E-state index contributed by atoms with van der Waals surface area (Å²) in [5, 5.41) is 13.7. The summed E-state index contributed by atoms with van der Waals surface area (Å²) in [6.45, 7) is 22.6. The number of carbonyl (C=O) groups is 5. The standard InChI is InChI=1S/C45H70N8O7S/c1-11-30-25-45(30,39(58)50-61(59,60)51-22-15-16-23-51)48-36(55)32-26-44(42(9,10)43(44)20-17-21-43)27-52(32)38(57)34(40(3,4)5)47-37(56)33(29-18-13-12-14-19-29)46-35(54)31-24-28(2)49-53(31)41(6,7)8/h11,24,29-30,32-34H,1,12-23,25-27H2,2-10H3,(H,46,54)(H,47,56)(H,48,55)(H,50,58)/t30-,32+,33?,34-,44-,45-/m1/s1. The number of aromatic nitrogens is 2. The van der Waals surface area contributed by atoms with Crippen molar-refractivity contribution in [2.45, 2.75) is 169 Å². The lowest BCUT2D eigenvalue weighted by atomic mass is 9.73. The van der Waals surface area contributed by atoms with E-state index in [2.05, 4.69) is 46.2 Å². The van der Waals surface area contributed by atoms with Gasteiger partial charge in [-0.15, -0.1) is 6.58 Å². The van der Waals surface area contributed by atoms with Crippen molar-refractivity contribution in [3.8, 4) is 0 Å². The Morgan fingerprint density at radius 1 is 0.902 bits per heavy atom. The molecule has 2 saturated heterocycles. The molecule has 0 aromatic carbocycles. The number of rotatable bonds is 12. The molecule has 1 aromatic heterocycles. The largest absolute Gasteiger partial charge is 0.342 e. The van der Waals surface area contributed by atoms with Crippen LogP contribution in [0.25, 0.3) is 0 Å². The summed E-state index contributed by atoms with van der Waals surface area (Å²) in [4.78, 5) is 74.4. The molecule has 2 spiro atoms. The summed E-state index contributed by atoms with van der Waals surface area (Å²) >= 11 is 0. The highest BCUT2D eigenvalue weighted by Gasteiger charge is 2.85. The molecule has 4 N–H and O–H groups in total. The molecule has 338 valence electrons. The second-order valence-electron chi connectivity index (χ2n) is 21.8. The first-order chi connectivity index (χ1) is 28.4. The third-order valence-corrected chi connectivity index (χ3v) is 17.4. The van der Waals surface area contributed by atoms with Crippen LogP contribution in [0.5, 0.6) is 0 Å². The SMILES string of the molecule is C=C[C@@H]1C[C@]1(NC(=O)[C@@H]1C[C@@]2(CN1C(=O)[C@@H](NC(=O)C(NC(=O)c1cc(C)nn1C(C)(C)C)C1CCCCC1)C(C)(C)C)C(C)(C)C21CCC1)C(=O)NS(=O)(=O)N1CCCC1. The number of nitrogens with zero attached hydrogens (tertiary/aromatic N) is 4. The van der Waals surface area contributed by atoms with E-state index in [1.807, 2.05) is 48.5 Å². The highest BCUT2D eigenvalue weighted by Crippen LogP contribution is 2.88. The second-order valence-corrected chi connectivity index (χ2v) is 23.5. The van der Waals surface area contributed by atoms with Crippen LogP contribution in [0.15, 0.2) is 18.7 Å². The molecule has 6 fully saturated rings. The fourth-order valence-corrected chi connectivity index (χ4v) is 13.2. The Labute approximate surface area is 362 Å². The Morgan fingerprint density at radius 3 is 2.07 bits per heavy atom. The summed E-state index contributed by atoms with van der Waals surface area (Å²) < 4.78 is 31.6. The summed E-state index contributed by atoms with van der Waals surface area (Å²) in [6, 6.07) is -1.24. The van der Waals surface area contributed by atoms with E-state index in [4.69, 9.17) is 0 Å². The molecule has 5 amide bonds. The highest BCUT2D eigenvalue weighted by atomic mass is 32.2. The van der Waals surface area contributed by atoms with Crippen LogP contribution < -0.4 is 20.7 Å². The van der Waals surface area contributed by atoms with Crippen LogP contribution >= 0.6 is 0 Å². The molecule has 6 atom stereocenters. The van der Waals surface area contributed by atoms with Gasteiger partial charge in [-0.25, -0.2) is 4.72 Å². The summed E-state index contributed by atoms with van der Waals surface area (Å²) in [5.74, 6) is -3.27. The van der Waals surface area contributed by atoms with E-state index in [0.29, 0.717) is 50.3 Å². The molecule has 1 aromatic rings. The molecule has 0 bridgehead atoms. The van der Waals surface area contributed by atoms with E-state index in [0.717, 1.165) is 51.4 Å². The number of nitrogens with one attached hydrogen (secondary N) is 4. The number of hydrogen-bond donors (Lipinski definition) is 4. The molecule has 16 heteroatoms. The Hall–Kier alpha value is -3.79. The summed E-state index contributed by atoms with van der Waals surface area (Å²) in [7, 11) is -4.12. The molecule has 3 heterocycles. The number of fused-ring (bicyclic) bond motifs is 1. The van der Waals surface area contributed by atoms with Crippen LogP contribution in [0.2, 0.25) is 0 Å². The fraction of sp³-hybridized carbons (Fsp3) is 0.778. The smallest absolute Gasteiger partial charge is 0.303 e. The molecule has 1 unspecified atom stereocenters. The van der Waals surface area contributed by atoms with Crippen LogP contribution in [0.1, 0.15) is 149 Å². The second kappa shape index (κ2) is 15.5. The summed E-state index contributed by atoms with van der Waals surface area (Å²) in [5.41, 5.74) is -2.36. The van der Waals surface area contributed by atoms with E-state index >= 15 is 4.79 Å². The minimum absolute atomic E-state index is 0.0373. The lowest BCUT2D eigenvalue weighted by Gasteiger charge is -2.38. The van der Waals surface area contributed by atoms with Gasteiger partial charge in [-0.2, -0.15) is 17.8 Å². The van der Waals surface area contributed by atoms with Crippen molar-refractivity contribution in [1.29, 1.82) is 0 Å². The van der Waals surface area contributed by atoms with Crippen molar-refractivity contribution < 1.29 is 32.4 Å². The van der Waals surface area contributed by atoms with Gasteiger partial charge in [0.15, 0.2) is 0 Å². The van der Waals surface area contributed by atoms with E-state index in [1.54, 1.807) is 21.7 Å². The highest BCUT2D eigenvalue weighted by molar-refractivity contribution is 7.87. The lowest BCUT2D eigenvalue weighted by molar-refractivity contribution is -0.145. The van der Waals surface area contributed by atoms with Crippen LogP contribution in [-0.2, 0) is 34.9 Å². The first-order valence-corrected chi connectivity index (χ1v) is 24.1. The van der Waals surface area contributed by atoms with Gasteiger partial charge in [0.1, 0.15) is 29.4 Å². The average molecular weight is 867 g/mol. The molecule has 15 nitrogen and oxygen atoms in total. The zero-order chi connectivity index (χ0) is 44.7. The maximum Gasteiger partial charge on any atom is 0.303 e. The van der Waals surface area contributed by atoms with E-state index in [9.17, 15) is 27.6 Å². The number of carbonyl (C=O) groups excluding carboxylic acids is 5. The van der Waals surface area contributed by atoms with Crippen molar-refractivity contribution in [3.05, 3.63) is 30.1 Å². The first-order valence-electron chi connectivity index (χ1n) is 22.6. The number of likely N-dealkylation sites (tertiary alicyclic amines) is 1. The zero-order valence-corrected chi connectivity index (χ0v) is 38.7. The fourth-order valence-electron chi connectivity index (χ4n) is 11.9. The van der Waals surface area contributed by atoms with Gasteiger partial charge in [0.2, 0.25) is 17.7 Å². The molecule has 6 aliphatic rings. The number of hydrogen-bond acceptors (Lipinski definition) is 8. The third kappa shape index (κ3) is 7.62. The predicted octanol–water partition coefficient (Wildman–Crippen LogP) is 4.47. The Kier molecular flexibility index (Phi) is 11.5. The first kappa shape index (κ1) is 45.2. The molecular weight excluding hydrogens is 797 g/mol. The minimum Gasteiger partial charge on any atom is -0.342 e. The Morgan fingerprint density at radius 2 is 1.54 bits per heavy atom. The van der Waals surface area contributed by atoms with Crippen molar-refractivity contribution in [3.63, 3.8) is 0 Å². The van der Waals surface area contributed by atoms with Crippen molar-refractivity contribution in [2.24, 2.45) is 33.5 Å². The van der Waals surface area contributed by atoms with E-state index in [1.165, 1.54) is 4.31 Å². The number of aryl methyl sites for hydroxylation is 1. The maximum atomic E-state index is 15.3. The van der Waals surface area contributed by atoms with Crippen LogP contribution in [-0.4, -0.2) is 100 Å². The minimum atomic E-state index is -4.12. The molecule has 7 rings (SSSR count). The molecule has 4 saturated carbocycles. The van der Waals surface area contributed by atoms with E-state index < -0.39 is 80.3 Å². The Balaban J connectivity index is 1.17. The third-order valence-electron chi connectivity index (χ3n) is 15.9. The topological polar surface area (TPSA) is 192 Å². The van der Waals surface area contributed by atoms with Gasteiger partial charge in [-0.1, -0.05) is 66.4 Å². The van der Waals surface area contributed by atoms with Gasteiger partial charge in [0, 0.05) is 31.0 Å². The van der Waals surface area contributed by atoms with Gasteiger partial charge in [-0.05, 0) is 107 Å². The van der Waals surface area contributed by atoms with Gasteiger partial charge in [0.05, 0.1) is 11.2 Å². The van der Waals surface area contributed by atoms with Crippen molar-refractivity contribution in [1.82, 2.24) is 39.7 Å². The molecule has 2 aliphatic heterocycles. The van der Waals surface area contributed by atoms with Gasteiger partial charge >= 0.3 is 10.2 Å². The van der Waals surface area contributed by atoms with E-state index in [-0.39, 0.29) is 28.6 Å². The number of amides is 5. The van der Waals surface area contributed by atoms with Crippen molar-refractivity contribution in [2.75, 3.05) is 19.6 Å². The zero-order valence-electron chi connectivity index (χ0n) is 37.9. The lowest BCUT2D eigenvalue weighted by Crippen LogP contribution is -2.62. The monoisotopic (exact) mass is 867 g/mol. The van der Waals surface area contributed by atoms with Crippen LogP contribution in [0.3, 0.4) is 0 Å². The van der Waals surface area contributed by atoms with Crippen molar-refractivity contribution >= 4 is 39.7 Å². The average Bonchev–Trinajstić information content (AvgIpc) is 3.56.